The number of amides is 3. The molecule has 2 aromatic rings. The van der Waals surface area contributed by atoms with Gasteiger partial charge in [0.1, 0.15) is 0 Å². The molecule has 2 aromatic carbocycles. The summed E-state index contributed by atoms with van der Waals surface area (Å²) in [6.07, 6.45) is 0.305. The Kier molecular flexibility index (Phi) is 5.32. The molecule has 1 aliphatic heterocycles. The van der Waals surface area contributed by atoms with Crippen LogP contribution in [0.5, 0.6) is 0 Å². The van der Waals surface area contributed by atoms with Gasteiger partial charge in [-0.1, -0.05) is 22.0 Å². The molecule has 0 aromatic heterocycles. The van der Waals surface area contributed by atoms with Gasteiger partial charge < -0.3 is 15.5 Å². The van der Waals surface area contributed by atoms with Crippen LogP contribution in [0, 0.1) is 20.8 Å². The topological polar surface area (TPSA) is 61.4 Å². The van der Waals surface area contributed by atoms with Crippen LogP contribution in [-0.4, -0.2) is 24.5 Å². The number of hydrogen-bond acceptors (Lipinski definition) is 2. The Hall–Kier alpha value is -2.34. The summed E-state index contributed by atoms with van der Waals surface area (Å²) in [7, 11) is 0. The maximum absolute atomic E-state index is 12.4. The van der Waals surface area contributed by atoms with Gasteiger partial charge in [-0.15, -0.1) is 0 Å². The van der Waals surface area contributed by atoms with Crippen LogP contribution in [0.1, 0.15) is 23.1 Å². The molecule has 0 spiro atoms. The molecule has 1 heterocycles. The first-order valence-corrected chi connectivity index (χ1v) is 9.34. The van der Waals surface area contributed by atoms with Crippen LogP contribution in [0.3, 0.4) is 0 Å². The zero-order valence-corrected chi connectivity index (χ0v) is 16.7. The van der Waals surface area contributed by atoms with Gasteiger partial charge in [0, 0.05) is 28.8 Å². The number of rotatable bonds is 3. The quantitative estimate of drug-likeness (QED) is 0.784. The molecule has 5 nitrogen and oxygen atoms in total. The highest BCUT2D eigenvalue weighted by Gasteiger charge is 2.31. The average molecular weight is 416 g/mol. The first kappa shape index (κ1) is 18.5. The number of halogens is 1. The van der Waals surface area contributed by atoms with Crippen molar-refractivity contribution in [1.82, 2.24) is 5.32 Å². The van der Waals surface area contributed by atoms with Crippen molar-refractivity contribution in [2.45, 2.75) is 33.2 Å². The molecule has 0 aliphatic carbocycles. The number of nitrogens with one attached hydrogen (secondary N) is 2. The van der Waals surface area contributed by atoms with Crippen molar-refractivity contribution in [1.29, 1.82) is 0 Å². The second-order valence-electron chi connectivity index (χ2n) is 6.74. The molecule has 3 amide bonds. The Morgan fingerprint density at radius 2 is 1.85 bits per heavy atom. The minimum Gasteiger partial charge on any atom is -0.333 e. The standard InChI is InChI=1S/C20H22BrN3O2/c1-12-4-6-17(9-13(12)2)24-11-16(10-19(24)25)23-20(26)22-15-5-7-18(21)14(3)8-15/h4-9,16H,10-11H2,1-3H3,(H2,22,23,26)/t16-/m0/s1. The third kappa shape index (κ3) is 4.07. The lowest BCUT2D eigenvalue weighted by Crippen LogP contribution is -2.39. The number of hydrogen-bond donors (Lipinski definition) is 2. The minimum atomic E-state index is -0.300. The predicted molar refractivity (Wildman–Crippen MR) is 108 cm³/mol. The van der Waals surface area contributed by atoms with Crippen LogP contribution in [0.15, 0.2) is 40.9 Å². The second-order valence-corrected chi connectivity index (χ2v) is 7.59. The lowest BCUT2D eigenvalue weighted by Gasteiger charge is -2.18. The van der Waals surface area contributed by atoms with E-state index in [0.29, 0.717) is 13.0 Å². The molecule has 1 aliphatic rings. The third-order valence-corrected chi connectivity index (χ3v) is 5.57. The van der Waals surface area contributed by atoms with Gasteiger partial charge in [0.25, 0.3) is 0 Å². The zero-order valence-electron chi connectivity index (χ0n) is 15.1. The van der Waals surface area contributed by atoms with Gasteiger partial charge in [0.2, 0.25) is 5.91 Å². The molecule has 6 heteroatoms. The zero-order chi connectivity index (χ0) is 18.8. The van der Waals surface area contributed by atoms with Crippen molar-refractivity contribution in [3.05, 3.63) is 57.6 Å². The molecule has 2 N–H and O–H groups in total. The molecule has 26 heavy (non-hydrogen) atoms. The molecule has 0 unspecified atom stereocenters. The smallest absolute Gasteiger partial charge is 0.319 e. The second kappa shape index (κ2) is 7.50. The van der Waals surface area contributed by atoms with Crippen molar-refractivity contribution in [3.63, 3.8) is 0 Å². The van der Waals surface area contributed by atoms with E-state index >= 15 is 0 Å². The normalized spacial score (nSPS) is 16.7. The highest BCUT2D eigenvalue weighted by atomic mass is 79.9. The Balaban J connectivity index is 1.62. The summed E-state index contributed by atoms with van der Waals surface area (Å²) in [6, 6.07) is 11.1. The third-order valence-electron chi connectivity index (χ3n) is 4.68. The van der Waals surface area contributed by atoms with Crippen molar-refractivity contribution in [2.24, 2.45) is 0 Å². The molecule has 0 radical (unpaired) electrons. The van der Waals surface area contributed by atoms with Gasteiger partial charge in [-0.05, 0) is 67.8 Å². The number of anilines is 2. The maximum Gasteiger partial charge on any atom is 0.319 e. The number of benzene rings is 2. The van der Waals surface area contributed by atoms with Crippen LogP contribution < -0.4 is 15.5 Å². The maximum atomic E-state index is 12.4. The van der Waals surface area contributed by atoms with Crippen LogP contribution in [0.2, 0.25) is 0 Å². The van der Waals surface area contributed by atoms with E-state index in [1.54, 1.807) is 4.90 Å². The van der Waals surface area contributed by atoms with Crippen molar-refractivity contribution >= 4 is 39.2 Å². The van der Waals surface area contributed by atoms with Crippen LogP contribution >= 0.6 is 15.9 Å². The van der Waals surface area contributed by atoms with Gasteiger partial charge in [-0.3, -0.25) is 4.79 Å². The van der Waals surface area contributed by atoms with Crippen LogP contribution in [0.25, 0.3) is 0 Å². The Morgan fingerprint density at radius 3 is 2.54 bits per heavy atom. The fourth-order valence-electron chi connectivity index (χ4n) is 3.02. The number of nitrogens with zero attached hydrogens (tertiary/aromatic N) is 1. The van der Waals surface area contributed by atoms with E-state index < -0.39 is 0 Å². The largest absolute Gasteiger partial charge is 0.333 e. The van der Waals surface area contributed by atoms with Crippen molar-refractivity contribution in [3.8, 4) is 0 Å². The average Bonchev–Trinajstić information content (AvgIpc) is 2.93. The molecule has 0 saturated carbocycles. The molecule has 1 saturated heterocycles. The number of carbonyl (C=O) groups is 2. The van der Waals surface area contributed by atoms with Crippen molar-refractivity contribution in [2.75, 3.05) is 16.8 Å². The fraction of sp³-hybridized carbons (Fsp3) is 0.300. The Morgan fingerprint density at radius 1 is 1.08 bits per heavy atom. The Labute approximate surface area is 161 Å². The summed E-state index contributed by atoms with van der Waals surface area (Å²) < 4.78 is 0.994. The van der Waals surface area contributed by atoms with E-state index in [2.05, 4.69) is 26.6 Å². The number of aryl methyl sites for hydroxylation is 3. The van der Waals surface area contributed by atoms with E-state index in [9.17, 15) is 9.59 Å². The summed E-state index contributed by atoms with van der Waals surface area (Å²) in [6.45, 7) is 6.52. The predicted octanol–water partition coefficient (Wildman–Crippen LogP) is 4.30. The molecule has 3 rings (SSSR count). The van der Waals surface area contributed by atoms with Gasteiger partial charge >= 0.3 is 6.03 Å². The summed E-state index contributed by atoms with van der Waals surface area (Å²) in [5, 5.41) is 5.72. The molecule has 0 bridgehead atoms. The molecular weight excluding hydrogens is 394 g/mol. The van der Waals surface area contributed by atoms with Gasteiger partial charge in [0.15, 0.2) is 0 Å². The van der Waals surface area contributed by atoms with E-state index in [0.717, 1.165) is 27.0 Å². The van der Waals surface area contributed by atoms with Crippen LogP contribution in [0.4, 0.5) is 16.2 Å². The molecule has 1 fully saturated rings. The van der Waals surface area contributed by atoms with E-state index in [-0.39, 0.29) is 18.0 Å². The first-order chi connectivity index (χ1) is 12.3. The van der Waals surface area contributed by atoms with Crippen molar-refractivity contribution < 1.29 is 9.59 Å². The monoisotopic (exact) mass is 415 g/mol. The highest BCUT2D eigenvalue weighted by Crippen LogP contribution is 2.24. The fourth-order valence-corrected chi connectivity index (χ4v) is 3.27. The number of urea groups is 1. The molecular formula is C20H22BrN3O2. The lowest BCUT2D eigenvalue weighted by molar-refractivity contribution is -0.117. The number of carbonyl (C=O) groups excluding carboxylic acids is 2. The summed E-state index contributed by atoms with van der Waals surface area (Å²) in [5.74, 6) is 0.0260. The lowest BCUT2D eigenvalue weighted by atomic mass is 10.1. The summed E-state index contributed by atoms with van der Waals surface area (Å²) in [5.41, 5.74) is 4.99. The van der Waals surface area contributed by atoms with E-state index in [1.807, 2.05) is 57.2 Å². The summed E-state index contributed by atoms with van der Waals surface area (Å²) in [4.78, 5) is 26.3. The molecule has 136 valence electrons. The van der Waals surface area contributed by atoms with E-state index in [1.165, 1.54) is 5.56 Å². The SMILES string of the molecule is Cc1ccc(N2C[C@@H](NC(=O)Nc3ccc(Br)c(C)c3)CC2=O)cc1C. The highest BCUT2D eigenvalue weighted by molar-refractivity contribution is 9.10. The van der Waals surface area contributed by atoms with Gasteiger partial charge in [-0.2, -0.15) is 0 Å². The summed E-state index contributed by atoms with van der Waals surface area (Å²) >= 11 is 3.44. The first-order valence-electron chi connectivity index (χ1n) is 8.55. The van der Waals surface area contributed by atoms with Gasteiger partial charge in [-0.25, -0.2) is 4.79 Å². The minimum absolute atomic E-state index is 0.0260. The van der Waals surface area contributed by atoms with Gasteiger partial charge in [0.05, 0.1) is 6.04 Å². The Bertz CT molecular complexity index is 866. The molecule has 1 atom stereocenters. The van der Waals surface area contributed by atoms with E-state index in [4.69, 9.17) is 0 Å². The van der Waals surface area contributed by atoms with Crippen LogP contribution in [-0.2, 0) is 4.79 Å².